The summed E-state index contributed by atoms with van der Waals surface area (Å²) in [6.07, 6.45) is 2.57. The van der Waals surface area contributed by atoms with Crippen LogP contribution in [0.5, 0.6) is 0 Å². The van der Waals surface area contributed by atoms with Crippen LogP contribution in [0.3, 0.4) is 0 Å². The summed E-state index contributed by atoms with van der Waals surface area (Å²) >= 11 is 0. The molecule has 2 aliphatic heterocycles. The van der Waals surface area contributed by atoms with E-state index in [-0.39, 0.29) is 5.56 Å². The van der Waals surface area contributed by atoms with E-state index in [9.17, 15) is 4.79 Å². The first-order chi connectivity index (χ1) is 13.3. The molecule has 6 nitrogen and oxygen atoms in total. The van der Waals surface area contributed by atoms with Crippen molar-refractivity contribution < 1.29 is 4.42 Å². The van der Waals surface area contributed by atoms with E-state index in [1.165, 1.54) is 5.56 Å². The van der Waals surface area contributed by atoms with Crippen molar-refractivity contribution in [3.8, 4) is 0 Å². The van der Waals surface area contributed by atoms with Crippen molar-refractivity contribution in [2.75, 3.05) is 18.0 Å². The Labute approximate surface area is 157 Å². The van der Waals surface area contributed by atoms with E-state index >= 15 is 0 Å². The molecule has 2 aromatic heterocycles. The summed E-state index contributed by atoms with van der Waals surface area (Å²) < 4.78 is 7.70. The van der Waals surface area contributed by atoms with Gasteiger partial charge in [0, 0.05) is 44.8 Å². The fourth-order valence-corrected chi connectivity index (χ4v) is 4.15. The Bertz CT molecular complexity index is 995. The maximum Gasteiger partial charge on any atom is 0.279 e. The Balaban J connectivity index is 1.40. The van der Waals surface area contributed by atoms with Crippen LogP contribution in [0.4, 0.5) is 5.95 Å². The summed E-state index contributed by atoms with van der Waals surface area (Å²) in [6.45, 7) is 4.89. The number of anilines is 1. The number of rotatable bonds is 4. The molecule has 0 bridgehead atoms. The maximum absolute atomic E-state index is 12.8. The quantitative estimate of drug-likeness (QED) is 0.713. The normalized spacial score (nSPS) is 16.4. The molecule has 0 spiro atoms. The highest BCUT2D eigenvalue weighted by atomic mass is 16.3. The van der Waals surface area contributed by atoms with Crippen LogP contribution in [0.15, 0.2) is 57.9 Å². The molecule has 1 aromatic carbocycles. The molecule has 138 valence electrons. The molecular formula is C21H22N4O2. The molecular weight excluding hydrogens is 340 g/mol. The van der Waals surface area contributed by atoms with Crippen LogP contribution >= 0.6 is 0 Å². The van der Waals surface area contributed by atoms with Crippen molar-refractivity contribution in [2.24, 2.45) is 0 Å². The monoisotopic (exact) mass is 362 g/mol. The van der Waals surface area contributed by atoms with Crippen molar-refractivity contribution in [3.05, 3.63) is 81.7 Å². The van der Waals surface area contributed by atoms with Gasteiger partial charge in [-0.2, -0.15) is 4.98 Å². The summed E-state index contributed by atoms with van der Waals surface area (Å²) in [7, 11) is 0. The van der Waals surface area contributed by atoms with E-state index in [2.05, 4.69) is 43.6 Å². The van der Waals surface area contributed by atoms with Gasteiger partial charge in [-0.15, -0.1) is 0 Å². The van der Waals surface area contributed by atoms with E-state index in [1.54, 1.807) is 6.26 Å². The first kappa shape index (κ1) is 16.3. The number of hydrogen-bond donors (Lipinski definition) is 0. The summed E-state index contributed by atoms with van der Waals surface area (Å²) in [5.74, 6) is 1.68. The van der Waals surface area contributed by atoms with Crippen LogP contribution in [-0.2, 0) is 32.6 Å². The Kier molecular flexibility index (Phi) is 4.05. The number of furan rings is 1. The molecule has 3 aromatic rings. The van der Waals surface area contributed by atoms with Gasteiger partial charge < -0.3 is 13.9 Å². The average Bonchev–Trinajstić information content (AvgIpc) is 3.34. The van der Waals surface area contributed by atoms with Crippen molar-refractivity contribution in [1.82, 2.24) is 14.5 Å². The largest absolute Gasteiger partial charge is 0.467 e. The van der Waals surface area contributed by atoms with Gasteiger partial charge in [-0.3, -0.25) is 9.69 Å². The molecule has 0 fully saturated rings. The molecule has 5 rings (SSSR count). The van der Waals surface area contributed by atoms with E-state index < -0.39 is 0 Å². The van der Waals surface area contributed by atoms with Gasteiger partial charge in [-0.05, 0) is 17.7 Å². The predicted molar refractivity (Wildman–Crippen MR) is 103 cm³/mol. The summed E-state index contributed by atoms with van der Waals surface area (Å²) in [6, 6.07) is 14.3. The molecule has 0 saturated carbocycles. The molecule has 0 amide bonds. The standard InChI is InChI=1S/C21H22N4O2/c26-20-18-15-23(13-16-5-2-1-3-6-16)9-8-19(18)25-11-10-24(21(25)22-20)14-17-7-4-12-27-17/h1-7,12H,8-11,13-15H2. The van der Waals surface area contributed by atoms with Gasteiger partial charge in [0.15, 0.2) is 0 Å². The lowest BCUT2D eigenvalue weighted by atomic mass is 10.1. The third-order valence-corrected chi connectivity index (χ3v) is 5.47. The lowest BCUT2D eigenvalue weighted by Crippen LogP contribution is -2.37. The highest BCUT2D eigenvalue weighted by molar-refractivity contribution is 5.40. The third kappa shape index (κ3) is 3.06. The maximum atomic E-state index is 12.8. The van der Waals surface area contributed by atoms with E-state index in [1.807, 2.05) is 18.2 Å². The van der Waals surface area contributed by atoms with Crippen molar-refractivity contribution in [3.63, 3.8) is 0 Å². The minimum atomic E-state index is -0.0830. The van der Waals surface area contributed by atoms with Gasteiger partial charge in [0.05, 0.1) is 18.4 Å². The number of aromatic nitrogens is 2. The number of nitrogens with zero attached hydrogens (tertiary/aromatic N) is 4. The van der Waals surface area contributed by atoms with Crippen LogP contribution in [0.25, 0.3) is 0 Å². The zero-order valence-electron chi connectivity index (χ0n) is 15.2. The Morgan fingerprint density at radius 3 is 2.70 bits per heavy atom. The molecule has 0 atom stereocenters. The molecule has 2 aliphatic rings. The van der Waals surface area contributed by atoms with Gasteiger partial charge >= 0.3 is 0 Å². The minimum Gasteiger partial charge on any atom is -0.467 e. The van der Waals surface area contributed by atoms with E-state index in [4.69, 9.17) is 4.42 Å². The number of hydrogen-bond acceptors (Lipinski definition) is 5. The van der Waals surface area contributed by atoms with Gasteiger partial charge in [0.1, 0.15) is 5.76 Å². The molecule has 27 heavy (non-hydrogen) atoms. The molecule has 6 heteroatoms. The molecule has 0 N–H and O–H groups in total. The molecule has 0 unspecified atom stereocenters. The first-order valence-corrected chi connectivity index (χ1v) is 9.44. The summed E-state index contributed by atoms with van der Waals surface area (Å²) in [5.41, 5.74) is 3.22. The molecule has 0 aliphatic carbocycles. The second kappa shape index (κ2) is 6.70. The summed E-state index contributed by atoms with van der Waals surface area (Å²) in [5, 5.41) is 0. The number of fused-ring (bicyclic) bond motifs is 3. The Morgan fingerprint density at radius 1 is 1.00 bits per heavy atom. The molecule has 4 heterocycles. The highest BCUT2D eigenvalue weighted by Crippen LogP contribution is 2.26. The smallest absolute Gasteiger partial charge is 0.279 e. The molecule has 0 radical (unpaired) electrons. The molecule has 0 saturated heterocycles. The minimum absolute atomic E-state index is 0.0830. The van der Waals surface area contributed by atoms with Crippen LogP contribution in [0.1, 0.15) is 22.6 Å². The van der Waals surface area contributed by atoms with Crippen molar-refractivity contribution in [2.45, 2.75) is 32.6 Å². The second-order valence-electron chi connectivity index (χ2n) is 7.24. The zero-order chi connectivity index (χ0) is 18.2. The zero-order valence-corrected chi connectivity index (χ0v) is 15.2. The number of benzene rings is 1. The summed E-state index contributed by atoms with van der Waals surface area (Å²) in [4.78, 5) is 21.7. The average molecular weight is 362 g/mol. The fraction of sp³-hybridized carbons (Fsp3) is 0.333. The van der Waals surface area contributed by atoms with Crippen molar-refractivity contribution >= 4 is 5.95 Å². The van der Waals surface area contributed by atoms with Crippen LogP contribution < -0.4 is 10.5 Å². The van der Waals surface area contributed by atoms with E-state index in [0.717, 1.165) is 55.6 Å². The highest BCUT2D eigenvalue weighted by Gasteiger charge is 2.29. The van der Waals surface area contributed by atoms with E-state index in [0.29, 0.717) is 13.1 Å². The third-order valence-electron chi connectivity index (χ3n) is 5.47. The van der Waals surface area contributed by atoms with Gasteiger partial charge in [0.25, 0.3) is 5.56 Å². The van der Waals surface area contributed by atoms with Gasteiger partial charge in [0.2, 0.25) is 5.95 Å². The lowest BCUT2D eigenvalue weighted by Gasteiger charge is -2.30. The predicted octanol–water partition coefficient (Wildman–Crippen LogP) is 2.41. The van der Waals surface area contributed by atoms with Crippen molar-refractivity contribution in [1.29, 1.82) is 0 Å². The fourth-order valence-electron chi connectivity index (χ4n) is 4.15. The Hall–Kier alpha value is -2.86. The van der Waals surface area contributed by atoms with Gasteiger partial charge in [-0.25, -0.2) is 0 Å². The Morgan fingerprint density at radius 2 is 1.89 bits per heavy atom. The lowest BCUT2D eigenvalue weighted by molar-refractivity contribution is 0.239. The van der Waals surface area contributed by atoms with Gasteiger partial charge in [-0.1, -0.05) is 30.3 Å². The first-order valence-electron chi connectivity index (χ1n) is 9.44. The van der Waals surface area contributed by atoms with Crippen LogP contribution in [-0.4, -0.2) is 27.5 Å². The van der Waals surface area contributed by atoms with Crippen LogP contribution in [0.2, 0.25) is 0 Å². The topological polar surface area (TPSA) is 54.5 Å². The SMILES string of the molecule is O=c1nc2n(c3c1CN(Cc1ccccc1)CC3)CCN2Cc1ccco1. The second-order valence-corrected chi connectivity index (χ2v) is 7.24. The van der Waals surface area contributed by atoms with Crippen LogP contribution in [0, 0.1) is 0 Å².